The molecule has 4 nitrogen and oxygen atoms in total. The van der Waals surface area contributed by atoms with Crippen molar-refractivity contribution in [2.24, 2.45) is 11.8 Å². The number of aliphatic carboxylic acids is 1. The molecule has 2 saturated heterocycles. The van der Waals surface area contributed by atoms with Gasteiger partial charge in [-0.25, -0.2) is 0 Å². The average Bonchev–Trinajstić information content (AvgIpc) is 3.18. The number of carboxylic acid groups (broad SMARTS) is 1. The molecule has 1 N–H and O–H groups in total. The molecule has 2 aliphatic rings. The molecule has 146 valence electrons. The van der Waals surface area contributed by atoms with Crippen molar-refractivity contribution < 1.29 is 19.4 Å². The van der Waals surface area contributed by atoms with Crippen molar-refractivity contribution in [3.8, 4) is 0 Å². The lowest BCUT2D eigenvalue weighted by Crippen LogP contribution is -2.36. The maximum atomic E-state index is 10.6. The predicted octanol–water partition coefficient (Wildman–Crippen LogP) is 4.75. The van der Waals surface area contributed by atoms with Gasteiger partial charge in [-0.2, -0.15) is 11.8 Å². The van der Waals surface area contributed by atoms with E-state index in [4.69, 9.17) is 14.6 Å². The van der Waals surface area contributed by atoms with Crippen LogP contribution in [0.25, 0.3) is 0 Å². The lowest BCUT2D eigenvalue weighted by molar-refractivity contribution is -0.137. The number of fused-ring (bicyclic) bond motifs is 2. The normalized spacial score (nSPS) is 29.2. The Hall–Kier alpha value is -0.260. The van der Waals surface area contributed by atoms with Crippen LogP contribution >= 0.6 is 11.8 Å². The molecular formula is C20H36O4S. The molecule has 0 aromatic carbocycles. The van der Waals surface area contributed by atoms with E-state index in [2.05, 4.69) is 13.8 Å². The third kappa shape index (κ3) is 6.76. The number of thioether (sulfide) groups is 1. The summed E-state index contributed by atoms with van der Waals surface area (Å²) in [4.78, 5) is 10.6. The first-order chi connectivity index (χ1) is 12.1. The lowest BCUT2D eigenvalue weighted by atomic mass is 9.78. The molecule has 0 amide bonds. The van der Waals surface area contributed by atoms with Crippen LogP contribution in [-0.4, -0.2) is 47.5 Å². The van der Waals surface area contributed by atoms with E-state index in [1.54, 1.807) is 0 Å². The van der Waals surface area contributed by atoms with E-state index in [1.165, 1.54) is 38.5 Å². The first-order valence-electron chi connectivity index (χ1n) is 10.2. The molecule has 2 aliphatic heterocycles. The molecular weight excluding hydrogens is 336 g/mol. The Balaban J connectivity index is 1.68. The van der Waals surface area contributed by atoms with Crippen molar-refractivity contribution >= 4 is 17.7 Å². The fourth-order valence-corrected chi connectivity index (χ4v) is 5.63. The van der Waals surface area contributed by atoms with Crippen LogP contribution in [0.5, 0.6) is 0 Å². The molecule has 2 fully saturated rings. The molecule has 25 heavy (non-hydrogen) atoms. The molecule has 0 aliphatic carbocycles. The SMILES string of the molecule is CCCCCCOCC1C2CCC(O2)C1C(C)SCCCCC(=O)O. The Morgan fingerprint density at radius 1 is 1.20 bits per heavy atom. The summed E-state index contributed by atoms with van der Waals surface area (Å²) < 4.78 is 12.2. The lowest BCUT2D eigenvalue weighted by Gasteiger charge is -2.32. The number of rotatable bonds is 14. The van der Waals surface area contributed by atoms with Gasteiger partial charge in [0.1, 0.15) is 0 Å². The minimum Gasteiger partial charge on any atom is -0.481 e. The second-order valence-corrected chi connectivity index (χ2v) is 9.08. The molecule has 2 heterocycles. The molecule has 0 saturated carbocycles. The summed E-state index contributed by atoms with van der Waals surface area (Å²) in [5.41, 5.74) is 0. The van der Waals surface area contributed by atoms with Gasteiger partial charge in [-0.1, -0.05) is 33.1 Å². The molecule has 2 bridgehead atoms. The topological polar surface area (TPSA) is 55.8 Å². The van der Waals surface area contributed by atoms with E-state index in [9.17, 15) is 4.79 Å². The van der Waals surface area contributed by atoms with Crippen LogP contribution in [-0.2, 0) is 14.3 Å². The van der Waals surface area contributed by atoms with Crippen molar-refractivity contribution in [3.05, 3.63) is 0 Å². The number of hydrogen-bond acceptors (Lipinski definition) is 4. The van der Waals surface area contributed by atoms with E-state index in [1.807, 2.05) is 11.8 Å². The standard InChI is InChI=1S/C20H36O4S/c1-3-4-5-7-12-23-14-16-17-10-11-18(24-17)20(16)15(2)25-13-8-6-9-19(21)22/h15-18,20H,3-14H2,1-2H3,(H,21,22). The molecule has 5 unspecified atom stereocenters. The Labute approximate surface area is 157 Å². The number of ether oxygens (including phenoxy) is 2. The number of carboxylic acids is 1. The predicted molar refractivity (Wildman–Crippen MR) is 103 cm³/mol. The third-order valence-corrected chi connectivity index (χ3v) is 7.01. The Morgan fingerprint density at radius 2 is 2.00 bits per heavy atom. The van der Waals surface area contributed by atoms with Crippen LogP contribution in [0, 0.1) is 11.8 Å². The number of hydrogen-bond donors (Lipinski definition) is 1. The molecule has 5 heteroatoms. The molecule has 0 spiro atoms. The zero-order valence-electron chi connectivity index (χ0n) is 16.0. The van der Waals surface area contributed by atoms with Gasteiger partial charge in [-0.05, 0) is 37.9 Å². The summed E-state index contributed by atoms with van der Waals surface area (Å²) in [6.45, 7) is 6.29. The highest BCUT2D eigenvalue weighted by atomic mass is 32.2. The van der Waals surface area contributed by atoms with Crippen LogP contribution in [0.1, 0.15) is 71.6 Å². The van der Waals surface area contributed by atoms with Gasteiger partial charge in [0.15, 0.2) is 0 Å². The van der Waals surface area contributed by atoms with Crippen molar-refractivity contribution in [1.29, 1.82) is 0 Å². The van der Waals surface area contributed by atoms with Crippen molar-refractivity contribution in [1.82, 2.24) is 0 Å². The van der Waals surface area contributed by atoms with E-state index in [0.717, 1.165) is 31.8 Å². The molecule has 0 aromatic heterocycles. The minimum absolute atomic E-state index is 0.292. The van der Waals surface area contributed by atoms with Gasteiger partial charge < -0.3 is 14.6 Å². The van der Waals surface area contributed by atoms with Crippen LogP contribution in [0.2, 0.25) is 0 Å². The zero-order chi connectivity index (χ0) is 18.1. The monoisotopic (exact) mass is 372 g/mol. The van der Waals surface area contributed by atoms with E-state index >= 15 is 0 Å². The molecule has 2 rings (SSSR count). The second-order valence-electron chi connectivity index (χ2n) is 7.59. The van der Waals surface area contributed by atoms with Gasteiger partial charge in [0.05, 0.1) is 18.8 Å². The van der Waals surface area contributed by atoms with Crippen molar-refractivity contribution in [2.75, 3.05) is 19.0 Å². The number of unbranched alkanes of at least 4 members (excludes halogenated alkanes) is 4. The van der Waals surface area contributed by atoms with Crippen LogP contribution in [0.4, 0.5) is 0 Å². The van der Waals surface area contributed by atoms with Gasteiger partial charge >= 0.3 is 5.97 Å². The fraction of sp³-hybridized carbons (Fsp3) is 0.950. The largest absolute Gasteiger partial charge is 0.481 e. The smallest absolute Gasteiger partial charge is 0.303 e. The summed E-state index contributed by atoms with van der Waals surface area (Å²) in [5.74, 6) is 1.51. The van der Waals surface area contributed by atoms with Crippen molar-refractivity contribution in [3.63, 3.8) is 0 Å². The van der Waals surface area contributed by atoms with E-state index in [-0.39, 0.29) is 0 Å². The summed E-state index contributed by atoms with van der Waals surface area (Å²) in [7, 11) is 0. The quantitative estimate of drug-likeness (QED) is 0.446. The van der Waals surface area contributed by atoms with Gasteiger partial charge in [0.25, 0.3) is 0 Å². The second kappa shape index (κ2) is 11.5. The van der Waals surface area contributed by atoms with Gasteiger partial charge in [-0.15, -0.1) is 0 Å². The fourth-order valence-electron chi connectivity index (χ4n) is 4.29. The van der Waals surface area contributed by atoms with Crippen LogP contribution in [0.15, 0.2) is 0 Å². The minimum atomic E-state index is -0.685. The highest BCUT2D eigenvalue weighted by molar-refractivity contribution is 7.99. The maximum absolute atomic E-state index is 10.6. The summed E-state index contributed by atoms with van der Waals surface area (Å²) in [6.07, 6.45) is 10.3. The van der Waals surface area contributed by atoms with Crippen LogP contribution in [0.3, 0.4) is 0 Å². The van der Waals surface area contributed by atoms with Crippen LogP contribution < -0.4 is 0 Å². The van der Waals surface area contributed by atoms with Crippen molar-refractivity contribution in [2.45, 2.75) is 89.1 Å². The highest BCUT2D eigenvalue weighted by Gasteiger charge is 2.50. The van der Waals surface area contributed by atoms with Gasteiger partial charge in [-0.3, -0.25) is 4.79 Å². The summed E-state index contributed by atoms with van der Waals surface area (Å²) >= 11 is 1.99. The average molecular weight is 373 g/mol. The first-order valence-corrected chi connectivity index (χ1v) is 11.2. The zero-order valence-corrected chi connectivity index (χ0v) is 16.8. The summed E-state index contributed by atoms with van der Waals surface area (Å²) in [6, 6.07) is 0. The van der Waals surface area contributed by atoms with Gasteiger partial charge in [0, 0.05) is 30.1 Å². The highest BCUT2D eigenvalue weighted by Crippen LogP contribution is 2.47. The Bertz CT molecular complexity index is 390. The molecule has 0 radical (unpaired) electrons. The maximum Gasteiger partial charge on any atom is 0.303 e. The van der Waals surface area contributed by atoms with E-state index in [0.29, 0.717) is 35.7 Å². The van der Waals surface area contributed by atoms with E-state index < -0.39 is 5.97 Å². The first kappa shape index (κ1) is 21.0. The third-order valence-electron chi connectivity index (χ3n) is 5.65. The molecule has 5 atom stereocenters. The summed E-state index contributed by atoms with van der Waals surface area (Å²) in [5, 5.41) is 9.28. The van der Waals surface area contributed by atoms with Gasteiger partial charge in [0.2, 0.25) is 0 Å². The number of carbonyl (C=O) groups is 1. The molecule has 0 aromatic rings. The Kier molecular flexibility index (Phi) is 9.64. The Morgan fingerprint density at radius 3 is 2.76 bits per heavy atom.